The van der Waals surface area contributed by atoms with Gasteiger partial charge in [0.25, 0.3) is 5.91 Å². The summed E-state index contributed by atoms with van der Waals surface area (Å²) >= 11 is 1.41. The van der Waals surface area contributed by atoms with Crippen LogP contribution in [0.1, 0.15) is 5.69 Å². The molecule has 0 aliphatic carbocycles. The summed E-state index contributed by atoms with van der Waals surface area (Å²) in [4.78, 5) is 32.2. The number of nitrogens with zero attached hydrogens (tertiary/aromatic N) is 3. The number of rotatable bonds is 2. The number of nitrogens with one attached hydrogen (secondary N) is 1. The van der Waals surface area contributed by atoms with Crippen molar-refractivity contribution in [2.45, 2.75) is 5.16 Å². The zero-order valence-corrected chi connectivity index (χ0v) is 10.1. The van der Waals surface area contributed by atoms with Crippen LogP contribution in [-0.4, -0.2) is 40.1 Å². The van der Waals surface area contributed by atoms with Gasteiger partial charge in [-0.15, -0.1) is 0 Å². The number of hydrogen-bond acceptors (Lipinski definition) is 5. The molecule has 2 heterocycles. The zero-order valence-electron chi connectivity index (χ0n) is 9.30. The van der Waals surface area contributed by atoms with E-state index in [9.17, 15) is 9.59 Å². The molecule has 1 aromatic rings. The van der Waals surface area contributed by atoms with Crippen LogP contribution in [-0.2, 0) is 4.79 Å². The van der Waals surface area contributed by atoms with E-state index >= 15 is 0 Å². The first-order valence-electron chi connectivity index (χ1n) is 4.79. The van der Waals surface area contributed by atoms with E-state index in [1.54, 1.807) is 18.3 Å². The summed E-state index contributed by atoms with van der Waals surface area (Å²) in [6.07, 6.45) is 5.03. The smallest absolute Gasteiger partial charge is 0.292 e. The fourth-order valence-corrected chi connectivity index (χ4v) is 1.70. The van der Waals surface area contributed by atoms with E-state index in [2.05, 4.69) is 15.3 Å². The quantitative estimate of drug-likeness (QED) is 0.362. The highest BCUT2D eigenvalue weighted by Crippen LogP contribution is 2.15. The van der Waals surface area contributed by atoms with Crippen LogP contribution in [0.15, 0.2) is 23.1 Å². The summed E-state index contributed by atoms with van der Waals surface area (Å²) < 4.78 is 0. The minimum Gasteiger partial charge on any atom is -0.292 e. The molecule has 17 heavy (non-hydrogen) atoms. The number of thioether (sulfide) groups is 1. The van der Waals surface area contributed by atoms with Crippen molar-refractivity contribution in [3.8, 4) is 0 Å². The highest BCUT2D eigenvalue weighted by molar-refractivity contribution is 7.98. The second-order valence-corrected chi connectivity index (χ2v) is 4.09. The molecule has 0 unspecified atom stereocenters. The zero-order chi connectivity index (χ0) is 12.4. The molecule has 0 saturated carbocycles. The number of amides is 3. The van der Waals surface area contributed by atoms with Crippen molar-refractivity contribution >= 4 is 29.8 Å². The lowest BCUT2D eigenvalue weighted by Gasteiger charge is -2.06. The second-order valence-electron chi connectivity index (χ2n) is 3.32. The lowest BCUT2D eigenvalue weighted by molar-refractivity contribution is -0.115. The van der Waals surface area contributed by atoms with Gasteiger partial charge in [-0.3, -0.25) is 15.0 Å². The van der Waals surface area contributed by atoms with Crippen molar-refractivity contribution in [2.24, 2.45) is 0 Å². The molecule has 88 valence electrons. The fraction of sp³-hybridized carbons (Fsp3) is 0.200. The number of hydrogen-bond donors (Lipinski definition) is 1. The second kappa shape index (κ2) is 4.54. The Balaban J connectivity index is 2.35. The van der Waals surface area contributed by atoms with Gasteiger partial charge in [-0.1, -0.05) is 11.8 Å². The van der Waals surface area contributed by atoms with Crippen LogP contribution in [0.3, 0.4) is 0 Å². The highest BCUT2D eigenvalue weighted by Gasteiger charge is 2.29. The van der Waals surface area contributed by atoms with Gasteiger partial charge in [-0.2, -0.15) is 0 Å². The van der Waals surface area contributed by atoms with Gasteiger partial charge in [-0.25, -0.2) is 14.8 Å². The van der Waals surface area contributed by atoms with Crippen molar-refractivity contribution < 1.29 is 9.59 Å². The van der Waals surface area contributed by atoms with E-state index in [0.29, 0.717) is 10.9 Å². The molecular formula is C10H10N4O2S. The molecule has 1 aromatic heterocycles. The lowest BCUT2D eigenvalue weighted by atomic mass is 10.3. The molecule has 1 aliphatic rings. The minimum atomic E-state index is -0.430. The molecule has 1 aliphatic heterocycles. The maximum Gasteiger partial charge on any atom is 0.328 e. The number of carbonyl (C=O) groups excluding carboxylic acids is 2. The van der Waals surface area contributed by atoms with Crippen molar-refractivity contribution in [3.05, 3.63) is 23.7 Å². The van der Waals surface area contributed by atoms with Gasteiger partial charge in [0.15, 0.2) is 5.16 Å². The minimum absolute atomic E-state index is 0.278. The number of likely N-dealkylation sites (N-methyl/N-ethyl adjacent to an activating group) is 1. The van der Waals surface area contributed by atoms with E-state index in [0.717, 1.165) is 0 Å². The standard InChI is InChI=1S/C10H10N4O2S/c1-14-7(8(15)13-10(14)16)5-6-3-4-11-9(12-6)17-2/h3-5H,1-2H3,(H,13,15,16)/b7-5-. The van der Waals surface area contributed by atoms with Crippen LogP contribution in [0.5, 0.6) is 0 Å². The Morgan fingerprint density at radius 3 is 2.82 bits per heavy atom. The van der Waals surface area contributed by atoms with Gasteiger partial charge >= 0.3 is 6.03 Å². The molecule has 3 amide bonds. The molecular weight excluding hydrogens is 240 g/mol. The predicted octanol–water partition coefficient (Wildman–Crippen LogP) is 0.721. The lowest BCUT2D eigenvalue weighted by Crippen LogP contribution is -2.24. The van der Waals surface area contributed by atoms with Crippen molar-refractivity contribution in [3.63, 3.8) is 0 Å². The van der Waals surface area contributed by atoms with Gasteiger partial charge < -0.3 is 0 Å². The first-order chi connectivity index (χ1) is 8.11. The largest absolute Gasteiger partial charge is 0.328 e. The average Bonchev–Trinajstić information content (AvgIpc) is 2.56. The van der Waals surface area contributed by atoms with E-state index in [4.69, 9.17) is 0 Å². The monoisotopic (exact) mass is 250 g/mol. The van der Waals surface area contributed by atoms with Crippen LogP contribution in [0, 0.1) is 0 Å². The number of urea groups is 1. The summed E-state index contributed by atoms with van der Waals surface area (Å²) in [5.41, 5.74) is 0.872. The van der Waals surface area contributed by atoms with Crippen LogP contribution >= 0.6 is 11.8 Å². The van der Waals surface area contributed by atoms with Crippen LogP contribution in [0.25, 0.3) is 6.08 Å². The molecule has 0 atom stereocenters. The number of aromatic nitrogens is 2. The molecule has 7 heteroatoms. The van der Waals surface area contributed by atoms with E-state index in [1.807, 2.05) is 6.26 Å². The summed E-state index contributed by atoms with van der Waals surface area (Å²) in [6, 6.07) is 1.25. The third-order valence-corrected chi connectivity index (χ3v) is 2.80. The van der Waals surface area contributed by atoms with E-state index < -0.39 is 11.9 Å². The molecule has 1 N–H and O–H groups in total. The molecule has 2 rings (SSSR count). The van der Waals surface area contributed by atoms with Crippen molar-refractivity contribution in [1.29, 1.82) is 0 Å². The normalized spacial score (nSPS) is 17.8. The Morgan fingerprint density at radius 1 is 1.47 bits per heavy atom. The maximum absolute atomic E-state index is 11.5. The molecule has 0 bridgehead atoms. The topological polar surface area (TPSA) is 75.2 Å². The third kappa shape index (κ3) is 2.28. The van der Waals surface area contributed by atoms with Gasteiger partial charge in [0.1, 0.15) is 5.70 Å². The SMILES string of the molecule is CSc1nccc(/C=C2/C(=O)NC(=O)N2C)n1. The first kappa shape index (κ1) is 11.6. The Hall–Kier alpha value is -1.89. The van der Waals surface area contributed by atoms with Crippen LogP contribution < -0.4 is 5.32 Å². The van der Waals surface area contributed by atoms with E-state index in [-0.39, 0.29) is 5.70 Å². The number of imide groups is 1. The average molecular weight is 250 g/mol. The third-order valence-electron chi connectivity index (χ3n) is 2.24. The van der Waals surface area contributed by atoms with Gasteiger partial charge in [0.2, 0.25) is 0 Å². The van der Waals surface area contributed by atoms with E-state index in [1.165, 1.54) is 23.7 Å². The predicted molar refractivity (Wildman–Crippen MR) is 63.1 cm³/mol. The molecule has 1 fully saturated rings. The molecule has 6 nitrogen and oxygen atoms in total. The van der Waals surface area contributed by atoms with Crippen molar-refractivity contribution in [2.75, 3.05) is 13.3 Å². The highest BCUT2D eigenvalue weighted by atomic mass is 32.2. The summed E-state index contributed by atoms with van der Waals surface area (Å²) in [6.45, 7) is 0. The first-order valence-corrected chi connectivity index (χ1v) is 6.02. The molecule has 0 aromatic carbocycles. The van der Waals surface area contributed by atoms with Crippen LogP contribution in [0.2, 0.25) is 0 Å². The Kier molecular flexibility index (Phi) is 3.10. The Labute approximate surface area is 102 Å². The van der Waals surface area contributed by atoms with Crippen LogP contribution in [0.4, 0.5) is 4.79 Å². The maximum atomic E-state index is 11.5. The van der Waals surface area contributed by atoms with Gasteiger partial charge in [-0.05, 0) is 18.4 Å². The summed E-state index contributed by atoms with van der Waals surface area (Å²) in [5.74, 6) is -0.415. The molecule has 1 saturated heterocycles. The fourth-order valence-electron chi connectivity index (χ4n) is 1.34. The Bertz CT molecular complexity index is 515. The molecule has 0 spiro atoms. The molecule has 0 radical (unpaired) electrons. The van der Waals surface area contributed by atoms with Gasteiger partial charge in [0, 0.05) is 13.2 Å². The van der Waals surface area contributed by atoms with Gasteiger partial charge in [0.05, 0.1) is 5.69 Å². The number of carbonyl (C=O) groups is 2. The Morgan fingerprint density at radius 2 is 2.24 bits per heavy atom. The summed E-state index contributed by atoms with van der Waals surface area (Å²) in [5, 5.41) is 2.81. The summed E-state index contributed by atoms with van der Waals surface area (Å²) in [7, 11) is 1.53. The van der Waals surface area contributed by atoms with Crippen molar-refractivity contribution in [1.82, 2.24) is 20.2 Å².